The molecule has 0 bridgehead atoms. The highest BCUT2D eigenvalue weighted by molar-refractivity contribution is 5.75. The van der Waals surface area contributed by atoms with Crippen molar-refractivity contribution in [1.82, 2.24) is 0 Å². The van der Waals surface area contributed by atoms with E-state index >= 15 is 0 Å². The molecule has 2 aromatic rings. The number of carbonyl (C=O) groups excluding carboxylic acids is 1. The molecule has 3 heteroatoms. The lowest BCUT2D eigenvalue weighted by atomic mass is 10.0. The van der Waals surface area contributed by atoms with Crippen molar-refractivity contribution >= 4 is 11.6 Å². The molecule has 1 atom stereocenters. The number of carbonyl (C=O) groups is 1. The normalized spacial score (nSPS) is 11.8. The minimum Gasteiger partial charge on any atom is -0.378 e. The van der Waals surface area contributed by atoms with Gasteiger partial charge in [-0.1, -0.05) is 48.5 Å². The van der Waals surface area contributed by atoms with Gasteiger partial charge in [0, 0.05) is 5.69 Å². The third-order valence-corrected chi connectivity index (χ3v) is 2.72. The van der Waals surface area contributed by atoms with E-state index in [-0.39, 0.29) is 18.4 Å². The van der Waals surface area contributed by atoms with Crippen LogP contribution in [-0.4, -0.2) is 5.91 Å². The van der Waals surface area contributed by atoms with Crippen LogP contribution in [0.2, 0.25) is 0 Å². The van der Waals surface area contributed by atoms with Crippen molar-refractivity contribution in [3.63, 3.8) is 0 Å². The molecule has 2 rings (SSSR count). The second-order valence-corrected chi connectivity index (χ2v) is 4.14. The van der Waals surface area contributed by atoms with Gasteiger partial charge in [-0.3, -0.25) is 4.79 Å². The molecule has 0 aromatic heterocycles. The molecule has 92 valence electrons. The molecule has 0 saturated carbocycles. The number of hydrogen-bond acceptors (Lipinski definition) is 2. The standard InChI is InChI=1S/C15H16N2O/c16-15(18)11-14(12-7-3-1-4-8-12)17-13-9-5-2-6-10-13/h1-10,14,17H,11H2,(H2,16,18). The van der Waals surface area contributed by atoms with E-state index in [1.807, 2.05) is 60.7 Å². The first-order chi connectivity index (χ1) is 8.75. The van der Waals surface area contributed by atoms with Gasteiger partial charge in [-0.05, 0) is 17.7 Å². The third kappa shape index (κ3) is 3.35. The topological polar surface area (TPSA) is 55.1 Å². The Labute approximate surface area is 107 Å². The Bertz CT molecular complexity index is 496. The molecule has 0 heterocycles. The summed E-state index contributed by atoms with van der Waals surface area (Å²) in [7, 11) is 0. The maximum atomic E-state index is 11.2. The smallest absolute Gasteiger partial charge is 0.219 e. The highest BCUT2D eigenvalue weighted by Gasteiger charge is 2.13. The maximum Gasteiger partial charge on any atom is 0.219 e. The van der Waals surface area contributed by atoms with Gasteiger partial charge in [0.2, 0.25) is 5.91 Å². The van der Waals surface area contributed by atoms with Gasteiger partial charge in [0.05, 0.1) is 12.5 Å². The second-order valence-electron chi connectivity index (χ2n) is 4.14. The second kappa shape index (κ2) is 5.87. The first kappa shape index (κ1) is 12.2. The lowest BCUT2D eigenvalue weighted by Gasteiger charge is -2.19. The van der Waals surface area contributed by atoms with E-state index in [9.17, 15) is 4.79 Å². The first-order valence-corrected chi connectivity index (χ1v) is 5.90. The van der Waals surface area contributed by atoms with Crippen LogP contribution in [0.3, 0.4) is 0 Å². The highest BCUT2D eigenvalue weighted by Crippen LogP contribution is 2.22. The number of nitrogens with two attached hydrogens (primary N) is 1. The molecule has 0 saturated heterocycles. The molecular weight excluding hydrogens is 224 g/mol. The Hall–Kier alpha value is -2.29. The van der Waals surface area contributed by atoms with E-state index in [0.29, 0.717) is 0 Å². The van der Waals surface area contributed by atoms with E-state index in [1.54, 1.807) is 0 Å². The molecule has 0 fully saturated rings. The minimum atomic E-state index is -0.313. The molecule has 3 nitrogen and oxygen atoms in total. The Morgan fingerprint density at radius 1 is 1.00 bits per heavy atom. The van der Waals surface area contributed by atoms with Crippen molar-refractivity contribution in [2.24, 2.45) is 5.73 Å². The van der Waals surface area contributed by atoms with Crippen LogP contribution in [0.4, 0.5) is 5.69 Å². The Kier molecular flexibility index (Phi) is 3.97. The van der Waals surface area contributed by atoms with Crippen LogP contribution in [0, 0.1) is 0 Å². The average Bonchev–Trinajstić information content (AvgIpc) is 2.40. The summed E-state index contributed by atoms with van der Waals surface area (Å²) < 4.78 is 0. The van der Waals surface area contributed by atoms with Gasteiger partial charge in [-0.15, -0.1) is 0 Å². The van der Waals surface area contributed by atoms with Crippen molar-refractivity contribution in [3.8, 4) is 0 Å². The zero-order valence-electron chi connectivity index (χ0n) is 10.0. The highest BCUT2D eigenvalue weighted by atomic mass is 16.1. The summed E-state index contributed by atoms with van der Waals surface area (Å²) in [4.78, 5) is 11.2. The molecule has 0 spiro atoms. The fraction of sp³-hybridized carbons (Fsp3) is 0.133. The number of para-hydroxylation sites is 1. The van der Waals surface area contributed by atoms with Gasteiger partial charge in [0.15, 0.2) is 0 Å². The van der Waals surface area contributed by atoms with Crippen molar-refractivity contribution < 1.29 is 4.79 Å². The number of anilines is 1. The van der Waals surface area contributed by atoms with E-state index in [0.717, 1.165) is 11.3 Å². The summed E-state index contributed by atoms with van der Waals surface area (Å²) in [5, 5.41) is 3.33. The Morgan fingerprint density at radius 2 is 1.56 bits per heavy atom. The van der Waals surface area contributed by atoms with Crippen LogP contribution >= 0.6 is 0 Å². The number of benzene rings is 2. The summed E-state index contributed by atoms with van der Waals surface area (Å²) in [6.45, 7) is 0. The van der Waals surface area contributed by atoms with Crippen LogP contribution in [0.15, 0.2) is 60.7 Å². The SMILES string of the molecule is NC(=O)CC(Nc1ccccc1)c1ccccc1. The number of nitrogens with one attached hydrogen (secondary N) is 1. The van der Waals surface area contributed by atoms with Gasteiger partial charge in [-0.2, -0.15) is 0 Å². The van der Waals surface area contributed by atoms with Gasteiger partial charge in [0.25, 0.3) is 0 Å². The summed E-state index contributed by atoms with van der Waals surface area (Å²) in [6.07, 6.45) is 0.277. The van der Waals surface area contributed by atoms with Crippen LogP contribution in [0.5, 0.6) is 0 Å². The Balaban J connectivity index is 2.18. The van der Waals surface area contributed by atoms with E-state index < -0.39 is 0 Å². The quantitative estimate of drug-likeness (QED) is 0.844. The van der Waals surface area contributed by atoms with Crippen molar-refractivity contribution in [1.29, 1.82) is 0 Å². The minimum absolute atomic E-state index is 0.0916. The molecule has 0 aliphatic carbocycles. The van der Waals surface area contributed by atoms with Gasteiger partial charge in [-0.25, -0.2) is 0 Å². The van der Waals surface area contributed by atoms with Crippen LogP contribution in [-0.2, 0) is 4.79 Å². The first-order valence-electron chi connectivity index (χ1n) is 5.90. The number of primary amides is 1. The molecule has 2 aromatic carbocycles. The van der Waals surface area contributed by atoms with Crippen molar-refractivity contribution in [3.05, 3.63) is 66.2 Å². The Morgan fingerprint density at radius 3 is 2.11 bits per heavy atom. The van der Waals surface area contributed by atoms with Crippen LogP contribution in [0.25, 0.3) is 0 Å². The molecule has 0 radical (unpaired) electrons. The van der Waals surface area contributed by atoms with Gasteiger partial charge >= 0.3 is 0 Å². The number of hydrogen-bond donors (Lipinski definition) is 2. The molecule has 1 unspecified atom stereocenters. The van der Waals surface area contributed by atoms with E-state index in [2.05, 4.69) is 5.32 Å². The zero-order valence-corrected chi connectivity index (χ0v) is 10.0. The molecular formula is C15H16N2O. The number of rotatable bonds is 5. The zero-order chi connectivity index (χ0) is 12.8. The summed E-state index contributed by atoms with van der Waals surface area (Å²) in [6, 6.07) is 19.5. The van der Waals surface area contributed by atoms with Crippen LogP contribution < -0.4 is 11.1 Å². The van der Waals surface area contributed by atoms with Crippen molar-refractivity contribution in [2.45, 2.75) is 12.5 Å². The fourth-order valence-corrected chi connectivity index (χ4v) is 1.87. The van der Waals surface area contributed by atoms with Crippen LogP contribution in [0.1, 0.15) is 18.0 Å². The largest absolute Gasteiger partial charge is 0.378 e. The fourth-order valence-electron chi connectivity index (χ4n) is 1.87. The summed E-state index contributed by atoms with van der Waals surface area (Å²) in [5.74, 6) is -0.313. The molecule has 18 heavy (non-hydrogen) atoms. The van der Waals surface area contributed by atoms with Crippen molar-refractivity contribution in [2.75, 3.05) is 5.32 Å². The predicted molar refractivity (Wildman–Crippen MR) is 73.1 cm³/mol. The summed E-state index contributed by atoms with van der Waals surface area (Å²) in [5.41, 5.74) is 7.34. The monoisotopic (exact) mass is 240 g/mol. The number of amides is 1. The lowest BCUT2D eigenvalue weighted by Crippen LogP contribution is -2.20. The summed E-state index contributed by atoms with van der Waals surface area (Å²) >= 11 is 0. The molecule has 0 aliphatic rings. The lowest BCUT2D eigenvalue weighted by molar-refractivity contribution is -0.118. The van der Waals surface area contributed by atoms with Gasteiger partial charge < -0.3 is 11.1 Å². The maximum absolute atomic E-state index is 11.2. The third-order valence-electron chi connectivity index (χ3n) is 2.72. The molecule has 3 N–H and O–H groups in total. The van der Waals surface area contributed by atoms with E-state index in [4.69, 9.17) is 5.73 Å². The van der Waals surface area contributed by atoms with E-state index in [1.165, 1.54) is 0 Å². The molecule has 1 amide bonds. The molecule has 0 aliphatic heterocycles. The predicted octanol–water partition coefficient (Wildman–Crippen LogP) is 2.72. The average molecular weight is 240 g/mol. The van der Waals surface area contributed by atoms with Gasteiger partial charge in [0.1, 0.15) is 0 Å².